The van der Waals surface area contributed by atoms with Gasteiger partial charge in [0.1, 0.15) is 0 Å². The monoisotopic (exact) mass is 267 g/mol. The first-order valence-electron chi connectivity index (χ1n) is 8.31. The SMILES string of the molecule is CC(C)CC1OCC2(CCCC(C)C2)NC1C(C)C. The summed E-state index contributed by atoms with van der Waals surface area (Å²) >= 11 is 0. The minimum atomic E-state index is 0.278. The van der Waals surface area contributed by atoms with E-state index in [2.05, 4.69) is 39.9 Å². The van der Waals surface area contributed by atoms with Crippen molar-refractivity contribution >= 4 is 0 Å². The van der Waals surface area contributed by atoms with Crippen molar-refractivity contribution in [1.29, 1.82) is 0 Å². The van der Waals surface area contributed by atoms with E-state index in [1.54, 1.807) is 0 Å². The van der Waals surface area contributed by atoms with Crippen LogP contribution in [-0.2, 0) is 4.74 Å². The molecule has 1 N–H and O–H groups in total. The summed E-state index contributed by atoms with van der Waals surface area (Å²) in [6.07, 6.45) is 6.94. The Kier molecular flexibility index (Phi) is 4.94. The Labute approximate surface area is 119 Å². The summed E-state index contributed by atoms with van der Waals surface area (Å²) in [6, 6.07) is 0.529. The van der Waals surface area contributed by atoms with Gasteiger partial charge >= 0.3 is 0 Å². The largest absolute Gasteiger partial charge is 0.375 e. The highest BCUT2D eigenvalue weighted by atomic mass is 16.5. The summed E-state index contributed by atoms with van der Waals surface area (Å²) < 4.78 is 6.34. The zero-order valence-electron chi connectivity index (χ0n) is 13.5. The molecular weight excluding hydrogens is 234 g/mol. The number of nitrogens with one attached hydrogen (secondary N) is 1. The van der Waals surface area contributed by atoms with Gasteiger partial charge in [0, 0.05) is 11.6 Å². The Morgan fingerprint density at radius 1 is 1.26 bits per heavy atom. The molecule has 4 atom stereocenters. The summed E-state index contributed by atoms with van der Waals surface area (Å²) in [5.41, 5.74) is 0.278. The van der Waals surface area contributed by atoms with Crippen LogP contribution in [0.1, 0.15) is 66.7 Å². The van der Waals surface area contributed by atoms with Crippen LogP contribution in [0.15, 0.2) is 0 Å². The minimum Gasteiger partial charge on any atom is -0.375 e. The first kappa shape index (κ1) is 15.3. The van der Waals surface area contributed by atoms with Crippen molar-refractivity contribution in [3.05, 3.63) is 0 Å². The lowest BCUT2D eigenvalue weighted by atomic mass is 9.74. The van der Waals surface area contributed by atoms with Crippen molar-refractivity contribution in [2.45, 2.75) is 84.4 Å². The molecule has 1 aliphatic heterocycles. The first-order valence-corrected chi connectivity index (χ1v) is 8.31. The fourth-order valence-corrected chi connectivity index (χ4v) is 4.06. The molecule has 0 bridgehead atoms. The van der Waals surface area contributed by atoms with Gasteiger partial charge in [0.05, 0.1) is 12.7 Å². The van der Waals surface area contributed by atoms with E-state index in [9.17, 15) is 0 Å². The van der Waals surface area contributed by atoms with Crippen molar-refractivity contribution in [3.63, 3.8) is 0 Å². The van der Waals surface area contributed by atoms with Crippen molar-refractivity contribution in [3.8, 4) is 0 Å². The minimum absolute atomic E-state index is 0.278. The van der Waals surface area contributed by atoms with Gasteiger partial charge in [-0.25, -0.2) is 0 Å². The molecule has 0 aromatic carbocycles. The van der Waals surface area contributed by atoms with E-state index in [1.165, 1.54) is 32.1 Å². The molecule has 1 heterocycles. The molecule has 2 rings (SSSR count). The molecule has 4 unspecified atom stereocenters. The maximum Gasteiger partial charge on any atom is 0.0734 e. The van der Waals surface area contributed by atoms with Crippen LogP contribution in [0.3, 0.4) is 0 Å². The summed E-state index contributed by atoms with van der Waals surface area (Å²) in [5.74, 6) is 2.21. The lowest BCUT2D eigenvalue weighted by Crippen LogP contribution is -2.65. The van der Waals surface area contributed by atoms with E-state index in [-0.39, 0.29) is 5.54 Å². The lowest BCUT2D eigenvalue weighted by Gasteiger charge is -2.50. The van der Waals surface area contributed by atoms with Crippen LogP contribution in [0.25, 0.3) is 0 Å². The normalized spacial score (nSPS) is 40.3. The average molecular weight is 267 g/mol. The number of ether oxygens (including phenoxy) is 1. The van der Waals surface area contributed by atoms with Crippen LogP contribution in [0.5, 0.6) is 0 Å². The molecule has 2 aliphatic rings. The predicted molar refractivity (Wildman–Crippen MR) is 81.3 cm³/mol. The van der Waals surface area contributed by atoms with Crippen LogP contribution in [0, 0.1) is 17.8 Å². The fraction of sp³-hybridized carbons (Fsp3) is 1.00. The Bertz CT molecular complexity index is 289. The molecule has 1 saturated heterocycles. The van der Waals surface area contributed by atoms with Gasteiger partial charge in [-0.3, -0.25) is 0 Å². The summed E-state index contributed by atoms with van der Waals surface area (Å²) in [6.45, 7) is 12.6. The Hall–Kier alpha value is -0.0800. The lowest BCUT2D eigenvalue weighted by molar-refractivity contribution is -0.0950. The maximum absolute atomic E-state index is 6.34. The molecule has 2 fully saturated rings. The molecule has 2 heteroatoms. The zero-order valence-corrected chi connectivity index (χ0v) is 13.5. The van der Waals surface area contributed by atoms with Gasteiger partial charge in [-0.05, 0) is 37.0 Å². The van der Waals surface area contributed by atoms with Gasteiger partial charge in [-0.2, -0.15) is 0 Å². The Balaban J connectivity index is 2.05. The van der Waals surface area contributed by atoms with Crippen LogP contribution < -0.4 is 5.32 Å². The van der Waals surface area contributed by atoms with Crippen LogP contribution >= 0.6 is 0 Å². The predicted octanol–water partition coefficient (Wildman–Crippen LogP) is 3.99. The molecule has 2 nitrogen and oxygen atoms in total. The fourth-order valence-electron chi connectivity index (χ4n) is 4.06. The highest BCUT2D eigenvalue weighted by Gasteiger charge is 2.43. The van der Waals surface area contributed by atoms with E-state index >= 15 is 0 Å². The highest BCUT2D eigenvalue weighted by molar-refractivity contribution is 5.00. The Morgan fingerprint density at radius 2 is 2.00 bits per heavy atom. The molecule has 0 aromatic heterocycles. The second kappa shape index (κ2) is 6.13. The van der Waals surface area contributed by atoms with E-state index in [0.717, 1.165) is 12.5 Å². The van der Waals surface area contributed by atoms with Crippen LogP contribution in [-0.4, -0.2) is 24.3 Å². The molecule has 0 radical (unpaired) electrons. The van der Waals surface area contributed by atoms with E-state index < -0.39 is 0 Å². The quantitative estimate of drug-likeness (QED) is 0.834. The second-order valence-electron chi connectivity index (χ2n) is 7.87. The van der Waals surface area contributed by atoms with Crippen LogP contribution in [0.2, 0.25) is 0 Å². The molecule has 0 aromatic rings. The third-order valence-electron chi connectivity index (χ3n) is 4.96. The van der Waals surface area contributed by atoms with Gasteiger partial charge in [0.2, 0.25) is 0 Å². The topological polar surface area (TPSA) is 21.3 Å². The molecule has 1 saturated carbocycles. The zero-order chi connectivity index (χ0) is 14.0. The molecule has 112 valence electrons. The highest BCUT2D eigenvalue weighted by Crippen LogP contribution is 2.37. The number of hydrogen-bond acceptors (Lipinski definition) is 2. The van der Waals surface area contributed by atoms with Gasteiger partial charge in [0.25, 0.3) is 0 Å². The van der Waals surface area contributed by atoms with Crippen LogP contribution in [0.4, 0.5) is 0 Å². The summed E-state index contributed by atoms with van der Waals surface area (Å²) in [7, 11) is 0. The average Bonchev–Trinajstić information content (AvgIpc) is 2.31. The van der Waals surface area contributed by atoms with E-state index in [1.807, 2.05) is 0 Å². The van der Waals surface area contributed by atoms with Gasteiger partial charge < -0.3 is 10.1 Å². The molecular formula is C17H33NO. The number of hydrogen-bond donors (Lipinski definition) is 1. The van der Waals surface area contributed by atoms with E-state index in [0.29, 0.717) is 24.0 Å². The molecule has 1 aliphatic carbocycles. The number of morpholine rings is 1. The van der Waals surface area contributed by atoms with E-state index in [4.69, 9.17) is 4.74 Å². The van der Waals surface area contributed by atoms with Gasteiger partial charge in [-0.15, -0.1) is 0 Å². The standard InChI is InChI=1S/C17H33NO/c1-12(2)9-15-16(13(3)4)18-17(11-19-15)8-6-7-14(5)10-17/h12-16,18H,6-11H2,1-5H3. The van der Waals surface area contributed by atoms with Gasteiger partial charge in [0.15, 0.2) is 0 Å². The van der Waals surface area contributed by atoms with Gasteiger partial charge in [-0.1, -0.05) is 47.5 Å². The smallest absolute Gasteiger partial charge is 0.0734 e. The summed E-state index contributed by atoms with van der Waals surface area (Å²) in [5, 5.41) is 4.03. The maximum atomic E-state index is 6.34. The third-order valence-corrected chi connectivity index (χ3v) is 4.96. The third kappa shape index (κ3) is 3.72. The van der Waals surface area contributed by atoms with Crippen molar-refractivity contribution in [2.75, 3.05) is 6.61 Å². The molecule has 1 spiro atoms. The Morgan fingerprint density at radius 3 is 2.58 bits per heavy atom. The van der Waals surface area contributed by atoms with Crippen molar-refractivity contribution < 1.29 is 4.74 Å². The first-order chi connectivity index (χ1) is 8.92. The molecule has 19 heavy (non-hydrogen) atoms. The number of rotatable bonds is 3. The summed E-state index contributed by atoms with van der Waals surface area (Å²) in [4.78, 5) is 0. The molecule has 0 amide bonds. The van der Waals surface area contributed by atoms with Crippen molar-refractivity contribution in [1.82, 2.24) is 5.32 Å². The second-order valence-corrected chi connectivity index (χ2v) is 7.87. The van der Waals surface area contributed by atoms with Crippen molar-refractivity contribution in [2.24, 2.45) is 17.8 Å².